The van der Waals surface area contributed by atoms with Crippen molar-refractivity contribution in [3.63, 3.8) is 0 Å². The molecule has 35 heavy (non-hydrogen) atoms. The maximum Gasteiger partial charge on any atom is 0.282 e. The molecule has 0 amide bonds. The Kier molecular flexibility index (Phi) is 4.84. The van der Waals surface area contributed by atoms with Gasteiger partial charge in [-0.15, -0.1) is 0 Å². The molecule has 1 aromatic carbocycles. The maximum atomic E-state index is 13.3. The minimum absolute atomic E-state index is 0.216. The number of benzene rings is 1. The van der Waals surface area contributed by atoms with Gasteiger partial charge in [0.2, 0.25) is 11.7 Å². The van der Waals surface area contributed by atoms with E-state index in [1.807, 2.05) is 62.4 Å². The molecule has 0 aliphatic heterocycles. The van der Waals surface area contributed by atoms with Gasteiger partial charge in [0.15, 0.2) is 11.6 Å². The predicted octanol–water partition coefficient (Wildman–Crippen LogP) is 5.37. The Morgan fingerprint density at radius 2 is 1.69 bits per heavy atom. The van der Waals surface area contributed by atoms with E-state index in [9.17, 15) is 4.79 Å². The molecular formula is C27H19N5O3. The molecule has 0 saturated heterocycles. The molecule has 0 aliphatic rings. The van der Waals surface area contributed by atoms with Gasteiger partial charge >= 0.3 is 0 Å². The van der Waals surface area contributed by atoms with Crippen molar-refractivity contribution < 1.29 is 8.83 Å². The topological polar surface area (TPSA) is 99.8 Å². The van der Waals surface area contributed by atoms with Crippen LogP contribution in [-0.4, -0.2) is 24.5 Å². The first-order chi connectivity index (χ1) is 17.1. The minimum Gasteiger partial charge on any atom is -0.431 e. The van der Waals surface area contributed by atoms with Crippen molar-refractivity contribution >= 4 is 10.9 Å². The fraction of sp³-hybridized carbons (Fsp3) is 0.0741. The van der Waals surface area contributed by atoms with Crippen LogP contribution in [0.2, 0.25) is 0 Å². The molecule has 0 spiro atoms. The summed E-state index contributed by atoms with van der Waals surface area (Å²) in [6.07, 6.45) is 6.54. The van der Waals surface area contributed by atoms with E-state index < -0.39 is 0 Å². The van der Waals surface area contributed by atoms with Gasteiger partial charge in [0, 0.05) is 40.8 Å². The third-order valence-electron chi connectivity index (χ3n) is 5.67. The maximum absolute atomic E-state index is 13.3. The van der Waals surface area contributed by atoms with E-state index in [4.69, 9.17) is 8.83 Å². The van der Waals surface area contributed by atoms with Gasteiger partial charge in [-0.25, -0.2) is 4.98 Å². The average Bonchev–Trinajstić information content (AvgIpc) is 3.53. The third-order valence-corrected chi connectivity index (χ3v) is 5.67. The van der Waals surface area contributed by atoms with Crippen LogP contribution in [0.3, 0.4) is 0 Å². The molecule has 6 rings (SSSR count). The zero-order valence-corrected chi connectivity index (χ0v) is 19.0. The van der Waals surface area contributed by atoms with E-state index in [0.717, 1.165) is 27.8 Å². The Morgan fingerprint density at radius 3 is 2.51 bits per heavy atom. The van der Waals surface area contributed by atoms with Gasteiger partial charge < -0.3 is 8.83 Å². The molecule has 0 unspecified atom stereocenters. The Balaban J connectivity index is 1.52. The van der Waals surface area contributed by atoms with Crippen LogP contribution in [0.15, 0.2) is 93.0 Å². The van der Waals surface area contributed by atoms with Crippen LogP contribution in [0.5, 0.6) is 0 Å². The van der Waals surface area contributed by atoms with Crippen LogP contribution in [0.1, 0.15) is 11.3 Å². The van der Waals surface area contributed by atoms with Crippen molar-refractivity contribution in [2.24, 2.45) is 0 Å². The van der Waals surface area contributed by atoms with E-state index >= 15 is 0 Å². The second-order valence-electron chi connectivity index (χ2n) is 8.19. The highest BCUT2D eigenvalue weighted by Crippen LogP contribution is 2.33. The number of hydrogen-bond donors (Lipinski definition) is 0. The van der Waals surface area contributed by atoms with Crippen molar-refractivity contribution in [1.82, 2.24) is 24.5 Å². The molecule has 0 fully saturated rings. The summed E-state index contributed by atoms with van der Waals surface area (Å²) in [5, 5.41) is 0.752. The van der Waals surface area contributed by atoms with Crippen LogP contribution in [-0.2, 0) is 0 Å². The summed E-state index contributed by atoms with van der Waals surface area (Å²) in [6.45, 7) is 3.91. The van der Waals surface area contributed by atoms with E-state index in [-0.39, 0.29) is 11.4 Å². The molecule has 0 atom stereocenters. The Hall–Kier alpha value is -4.85. The minimum atomic E-state index is -0.290. The number of pyridine rings is 3. The summed E-state index contributed by atoms with van der Waals surface area (Å²) < 4.78 is 13.6. The first-order valence-corrected chi connectivity index (χ1v) is 11.0. The zero-order valence-electron chi connectivity index (χ0n) is 19.0. The number of nitrogens with zero attached hydrogens (tertiary/aromatic N) is 5. The highest BCUT2D eigenvalue weighted by molar-refractivity contribution is 5.78. The first kappa shape index (κ1) is 20.7. The fourth-order valence-corrected chi connectivity index (χ4v) is 3.89. The summed E-state index contributed by atoms with van der Waals surface area (Å²) in [4.78, 5) is 30.8. The van der Waals surface area contributed by atoms with Gasteiger partial charge in [0.1, 0.15) is 5.52 Å². The lowest BCUT2D eigenvalue weighted by atomic mass is 10.1. The summed E-state index contributed by atoms with van der Waals surface area (Å²) >= 11 is 0. The number of hydrogen-bond acceptors (Lipinski definition) is 7. The van der Waals surface area contributed by atoms with E-state index in [1.165, 1.54) is 4.57 Å². The molecule has 0 radical (unpaired) electrons. The first-order valence-electron chi connectivity index (χ1n) is 11.0. The number of oxazole rings is 2. The highest BCUT2D eigenvalue weighted by atomic mass is 16.4. The smallest absolute Gasteiger partial charge is 0.282 e. The second-order valence-corrected chi connectivity index (χ2v) is 8.19. The molecular weight excluding hydrogens is 442 g/mol. The lowest BCUT2D eigenvalue weighted by Crippen LogP contribution is -2.19. The monoisotopic (exact) mass is 461 g/mol. The number of aryl methyl sites for hydroxylation is 2. The van der Waals surface area contributed by atoms with Crippen LogP contribution in [0, 0.1) is 13.8 Å². The van der Waals surface area contributed by atoms with Gasteiger partial charge in [-0.05, 0) is 38.1 Å². The van der Waals surface area contributed by atoms with E-state index in [1.54, 1.807) is 30.9 Å². The van der Waals surface area contributed by atoms with E-state index in [2.05, 4.69) is 19.9 Å². The summed E-state index contributed by atoms with van der Waals surface area (Å²) in [5.41, 5.74) is 3.60. The van der Waals surface area contributed by atoms with Crippen molar-refractivity contribution in [2.75, 3.05) is 0 Å². The number of rotatable bonds is 4. The number of fused-ring (bicyclic) bond motifs is 1. The Labute approximate surface area is 199 Å². The lowest BCUT2D eigenvalue weighted by Gasteiger charge is -2.06. The van der Waals surface area contributed by atoms with Gasteiger partial charge in [-0.1, -0.05) is 35.9 Å². The molecule has 5 aromatic heterocycles. The van der Waals surface area contributed by atoms with Crippen molar-refractivity contribution in [3.05, 3.63) is 101 Å². The third kappa shape index (κ3) is 3.71. The van der Waals surface area contributed by atoms with Crippen LogP contribution in [0.25, 0.3) is 51.1 Å². The lowest BCUT2D eigenvalue weighted by molar-refractivity contribution is 0.528. The molecule has 0 N–H and O–H groups in total. The molecule has 0 bridgehead atoms. The quantitative estimate of drug-likeness (QED) is 0.348. The fourth-order valence-electron chi connectivity index (χ4n) is 3.89. The van der Waals surface area contributed by atoms with Crippen LogP contribution < -0.4 is 5.56 Å². The second kappa shape index (κ2) is 8.18. The molecule has 0 aliphatic carbocycles. The number of aromatic nitrogens is 5. The summed E-state index contributed by atoms with van der Waals surface area (Å²) in [5.74, 6) is 1.78. The van der Waals surface area contributed by atoms with E-state index in [0.29, 0.717) is 28.7 Å². The SMILES string of the molecule is Cc1ccc(-c2oc(-c3cnc(-c4ccnc(C)c4)o3)nc2-n2ccc3cccnc3c2=O)cc1. The standard InChI is InChI=1S/C27H19N5O3/c1-16-5-7-19(8-6-16)23-24(32-13-10-18-4-3-11-29-22(18)27(32)33)31-26(35-23)21-15-30-25(34-21)20-9-12-28-17(2)14-20/h3-15H,1-2H3. The van der Waals surface area contributed by atoms with Crippen molar-refractivity contribution in [1.29, 1.82) is 0 Å². The van der Waals surface area contributed by atoms with Crippen molar-refractivity contribution in [3.8, 4) is 40.2 Å². The Bertz CT molecular complexity index is 1750. The summed E-state index contributed by atoms with van der Waals surface area (Å²) in [7, 11) is 0. The van der Waals surface area contributed by atoms with Crippen LogP contribution >= 0.6 is 0 Å². The Morgan fingerprint density at radius 1 is 0.829 bits per heavy atom. The predicted molar refractivity (Wildman–Crippen MR) is 131 cm³/mol. The van der Waals surface area contributed by atoms with Gasteiger partial charge in [-0.2, -0.15) is 4.98 Å². The molecule has 8 nitrogen and oxygen atoms in total. The van der Waals surface area contributed by atoms with Crippen LogP contribution in [0.4, 0.5) is 0 Å². The van der Waals surface area contributed by atoms with Crippen molar-refractivity contribution in [2.45, 2.75) is 13.8 Å². The largest absolute Gasteiger partial charge is 0.431 e. The molecule has 6 aromatic rings. The summed E-state index contributed by atoms with van der Waals surface area (Å²) in [6, 6.07) is 17.0. The molecule has 5 heterocycles. The van der Waals surface area contributed by atoms with Gasteiger partial charge in [-0.3, -0.25) is 19.3 Å². The normalized spacial score (nSPS) is 11.3. The van der Waals surface area contributed by atoms with Gasteiger partial charge in [0.25, 0.3) is 11.4 Å². The van der Waals surface area contributed by atoms with Gasteiger partial charge in [0.05, 0.1) is 6.20 Å². The molecule has 0 saturated carbocycles. The average molecular weight is 461 g/mol. The molecule has 170 valence electrons. The highest BCUT2D eigenvalue weighted by Gasteiger charge is 2.22. The zero-order chi connectivity index (χ0) is 23.9. The molecule has 8 heteroatoms.